The summed E-state index contributed by atoms with van der Waals surface area (Å²) < 4.78 is 40.6. The van der Waals surface area contributed by atoms with E-state index in [0.717, 1.165) is 17.5 Å². The Morgan fingerprint density at radius 1 is 1.12 bits per heavy atom. The zero-order valence-corrected chi connectivity index (χ0v) is 16.5. The summed E-state index contributed by atoms with van der Waals surface area (Å²) >= 11 is 0. The molecule has 1 atom stereocenters. The van der Waals surface area contributed by atoms with Crippen LogP contribution >= 0.6 is 0 Å². The molecule has 25 heavy (non-hydrogen) atoms. The maximum atomic E-state index is 13.6. The molecule has 0 aliphatic carbocycles. The number of aryl methyl sites for hydroxylation is 2. The lowest BCUT2D eigenvalue weighted by Gasteiger charge is -2.47. The van der Waals surface area contributed by atoms with Gasteiger partial charge in [0.15, 0.2) is 0 Å². The second-order valence-corrected chi connectivity index (χ2v) is 9.61. The van der Waals surface area contributed by atoms with Crippen LogP contribution in [0.15, 0.2) is 23.1 Å². The third-order valence-electron chi connectivity index (χ3n) is 5.12. The highest BCUT2D eigenvalue weighted by molar-refractivity contribution is 7.89. The van der Waals surface area contributed by atoms with Crippen molar-refractivity contribution >= 4 is 10.0 Å². The van der Waals surface area contributed by atoms with Crippen LogP contribution in [0.3, 0.4) is 0 Å². The van der Waals surface area contributed by atoms with E-state index in [2.05, 4.69) is 0 Å². The van der Waals surface area contributed by atoms with Crippen molar-refractivity contribution in [2.75, 3.05) is 26.3 Å². The fraction of sp³-hybridized carbons (Fsp3) is 0.684. The Morgan fingerprint density at radius 2 is 1.76 bits per heavy atom. The first-order chi connectivity index (χ1) is 11.7. The fourth-order valence-electron chi connectivity index (χ4n) is 4.07. The molecule has 1 aromatic carbocycles. The lowest BCUT2D eigenvalue weighted by molar-refractivity contribution is -0.180. The van der Waals surface area contributed by atoms with Gasteiger partial charge in [-0.15, -0.1) is 0 Å². The lowest BCUT2D eigenvalue weighted by Crippen LogP contribution is -2.61. The number of benzene rings is 1. The predicted molar refractivity (Wildman–Crippen MR) is 97.3 cm³/mol. The molecule has 3 rings (SSSR count). The highest BCUT2D eigenvalue weighted by Crippen LogP contribution is 2.38. The van der Waals surface area contributed by atoms with Crippen LogP contribution in [0.1, 0.15) is 45.2 Å². The first-order valence-electron chi connectivity index (χ1n) is 9.12. The molecule has 0 saturated carbocycles. The van der Waals surface area contributed by atoms with Gasteiger partial charge in [0.1, 0.15) is 5.60 Å². The van der Waals surface area contributed by atoms with E-state index in [9.17, 15) is 8.42 Å². The van der Waals surface area contributed by atoms with E-state index in [0.29, 0.717) is 44.0 Å². The van der Waals surface area contributed by atoms with Gasteiger partial charge in [0.25, 0.3) is 0 Å². The van der Waals surface area contributed by atoms with Crippen molar-refractivity contribution in [1.82, 2.24) is 4.31 Å². The highest BCUT2D eigenvalue weighted by Gasteiger charge is 2.50. The summed E-state index contributed by atoms with van der Waals surface area (Å²) in [6.07, 6.45) is 2.13. The zero-order chi connectivity index (χ0) is 18.3. The van der Waals surface area contributed by atoms with E-state index >= 15 is 0 Å². The Labute approximate surface area is 151 Å². The Morgan fingerprint density at radius 3 is 2.28 bits per heavy atom. The van der Waals surface area contributed by atoms with Crippen molar-refractivity contribution in [3.8, 4) is 0 Å². The Bertz CT molecular complexity index is 714. The van der Waals surface area contributed by atoms with Crippen molar-refractivity contribution in [2.45, 2.75) is 63.1 Å². The molecule has 0 N–H and O–H groups in total. The van der Waals surface area contributed by atoms with Gasteiger partial charge in [0.05, 0.1) is 17.1 Å². The van der Waals surface area contributed by atoms with Gasteiger partial charge in [-0.2, -0.15) is 4.31 Å². The number of ether oxygens (including phenoxy) is 2. The van der Waals surface area contributed by atoms with E-state index in [1.165, 1.54) is 0 Å². The molecular formula is C19H29NO4S. The third-order valence-corrected chi connectivity index (χ3v) is 7.10. The summed E-state index contributed by atoms with van der Waals surface area (Å²) in [5.41, 5.74) is 0.718. The zero-order valence-electron chi connectivity index (χ0n) is 15.7. The standard InChI is InChI=1S/C19H29NO4S/c1-5-15-8-7-9-16(6-2)17(15)25(21,22)20-12-18(3,4)24-19(13-20)10-11-23-14-19/h7-9H,5-6,10-14H2,1-4H3. The minimum absolute atomic E-state index is 0.359. The molecule has 0 amide bonds. The van der Waals surface area contributed by atoms with Gasteiger partial charge in [0.2, 0.25) is 10.0 Å². The Hall–Kier alpha value is -0.950. The number of morpholine rings is 1. The molecule has 2 heterocycles. The molecular weight excluding hydrogens is 338 g/mol. The molecule has 6 heteroatoms. The molecule has 2 aliphatic heterocycles. The average molecular weight is 368 g/mol. The summed E-state index contributed by atoms with van der Waals surface area (Å²) in [4.78, 5) is 0.492. The van der Waals surface area contributed by atoms with Gasteiger partial charge in [-0.1, -0.05) is 32.0 Å². The summed E-state index contributed by atoms with van der Waals surface area (Å²) in [6.45, 7) is 9.72. The quantitative estimate of drug-likeness (QED) is 0.821. The number of rotatable bonds is 4. The van der Waals surface area contributed by atoms with E-state index in [1.807, 2.05) is 45.9 Å². The fourth-order valence-corrected chi connectivity index (χ4v) is 6.30. The molecule has 5 nitrogen and oxygen atoms in total. The van der Waals surface area contributed by atoms with Gasteiger partial charge in [0, 0.05) is 26.1 Å². The van der Waals surface area contributed by atoms with Crippen LogP contribution < -0.4 is 0 Å². The minimum atomic E-state index is -3.58. The van der Waals surface area contributed by atoms with Crippen LogP contribution in [0.5, 0.6) is 0 Å². The second-order valence-electron chi connectivity index (χ2n) is 7.73. The minimum Gasteiger partial charge on any atom is -0.378 e. The van der Waals surface area contributed by atoms with Crippen molar-refractivity contribution in [3.63, 3.8) is 0 Å². The molecule has 2 saturated heterocycles. The molecule has 0 bridgehead atoms. The molecule has 1 aromatic rings. The maximum absolute atomic E-state index is 13.6. The summed E-state index contributed by atoms with van der Waals surface area (Å²) in [7, 11) is -3.58. The third kappa shape index (κ3) is 3.50. The Balaban J connectivity index is 2.05. The van der Waals surface area contributed by atoms with Crippen LogP contribution in [-0.4, -0.2) is 50.2 Å². The van der Waals surface area contributed by atoms with Crippen molar-refractivity contribution in [1.29, 1.82) is 0 Å². The van der Waals surface area contributed by atoms with Gasteiger partial charge < -0.3 is 9.47 Å². The van der Waals surface area contributed by atoms with Gasteiger partial charge in [-0.05, 0) is 37.8 Å². The van der Waals surface area contributed by atoms with E-state index < -0.39 is 21.2 Å². The summed E-state index contributed by atoms with van der Waals surface area (Å²) in [5, 5.41) is 0. The second kappa shape index (κ2) is 6.65. The monoisotopic (exact) mass is 367 g/mol. The molecule has 0 aromatic heterocycles. The molecule has 0 radical (unpaired) electrons. The number of hydrogen-bond donors (Lipinski definition) is 0. The van der Waals surface area contributed by atoms with Crippen LogP contribution in [-0.2, 0) is 32.3 Å². The predicted octanol–water partition coefficient (Wildman–Crippen LogP) is 2.77. The van der Waals surface area contributed by atoms with Crippen LogP contribution in [0.2, 0.25) is 0 Å². The maximum Gasteiger partial charge on any atom is 0.243 e. The van der Waals surface area contributed by atoms with E-state index in [4.69, 9.17) is 9.47 Å². The highest BCUT2D eigenvalue weighted by atomic mass is 32.2. The number of hydrogen-bond acceptors (Lipinski definition) is 4. The van der Waals surface area contributed by atoms with Gasteiger partial charge >= 0.3 is 0 Å². The van der Waals surface area contributed by atoms with Crippen LogP contribution in [0.25, 0.3) is 0 Å². The van der Waals surface area contributed by atoms with Crippen LogP contribution in [0, 0.1) is 0 Å². The van der Waals surface area contributed by atoms with Crippen molar-refractivity contribution in [3.05, 3.63) is 29.3 Å². The molecule has 1 spiro atoms. The van der Waals surface area contributed by atoms with Gasteiger partial charge in [-0.3, -0.25) is 0 Å². The SMILES string of the molecule is CCc1cccc(CC)c1S(=O)(=O)N1CC(C)(C)OC2(CCOC2)C1. The summed E-state index contributed by atoms with van der Waals surface area (Å²) in [6, 6.07) is 5.80. The molecule has 2 fully saturated rings. The normalized spacial score (nSPS) is 27.0. The first-order valence-corrected chi connectivity index (χ1v) is 10.6. The van der Waals surface area contributed by atoms with E-state index in [1.54, 1.807) is 4.31 Å². The lowest BCUT2D eigenvalue weighted by atomic mass is 9.97. The van der Waals surface area contributed by atoms with Crippen molar-refractivity contribution in [2.24, 2.45) is 0 Å². The average Bonchev–Trinajstić information content (AvgIpc) is 2.99. The number of nitrogens with zero attached hydrogens (tertiary/aromatic N) is 1. The van der Waals surface area contributed by atoms with Gasteiger partial charge in [-0.25, -0.2) is 8.42 Å². The van der Waals surface area contributed by atoms with E-state index in [-0.39, 0.29) is 0 Å². The Kier molecular flexibility index (Phi) is 5.01. The topological polar surface area (TPSA) is 55.8 Å². The van der Waals surface area contributed by atoms with Crippen molar-refractivity contribution < 1.29 is 17.9 Å². The molecule has 140 valence electrons. The first kappa shape index (κ1) is 18.8. The molecule has 1 unspecified atom stereocenters. The largest absolute Gasteiger partial charge is 0.378 e. The van der Waals surface area contributed by atoms with Crippen LogP contribution in [0.4, 0.5) is 0 Å². The smallest absolute Gasteiger partial charge is 0.243 e. The summed E-state index contributed by atoms with van der Waals surface area (Å²) in [5.74, 6) is 0. The molecule has 2 aliphatic rings. The number of sulfonamides is 1.